The van der Waals surface area contributed by atoms with Crippen LogP contribution in [0.15, 0.2) is 18.2 Å². The summed E-state index contributed by atoms with van der Waals surface area (Å²) in [5.74, 6) is 1.37. The summed E-state index contributed by atoms with van der Waals surface area (Å²) in [6, 6.07) is 5.13. The fourth-order valence-corrected chi connectivity index (χ4v) is 2.57. The summed E-state index contributed by atoms with van der Waals surface area (Å²) in [5, 5.41) is 8.99. The Morgan fingerprint density at radius 3 is 2.83 bits per heavy atom. The summed E-state index contributed by atoms with van der Waals surface area (Å²) in [6.45, 7) is 2.21. The number of carboxylic acid groups (broad SMARTS) is 1. The van der Waals surface area contributed by atoms with Crippen molar-refractivity contribution in [3.05, 3.63) is 29.6 Å². The molecular weight excluding hydrogens is 228 g/mol. The van der Waals surface area contributed by atoms with E-state index in [4.69, 9.17) is 5.11 Å². The first-order valence-corrected chi connectivity index (χ1v) is 6.27. The number of aromatic carboxylic acids is 1. The topological polar surface area (TPSA) is 55.1 Å². The first kappa shape index (κ1) is 11.3. The normalized spacial score (nSPS) is 17.0. The van der Waals surface area contributed by atoms with Crippen LogP contribution in [0.5, 0.6) is 0 Å². The minimum Gasteiger partial charge on any atom is -0.478 e. The van der Waals surface area contributed by atoms with E-state index >= 15 is 0 Å². The number of benzene rings is 1. The van der Waals surface area contributed by atoms with Crippen LogP contribution in [0.4, 0.5) is 0 Å². The Morgan fingerprint density at radius 2 is 2.22 bits per heavy atom. The first-order chi connectivity index (χ1) is 8.58. The second-order valence-electron chi connectivity index (χ2n) is 5.16. The smallest absolute Gasteiger partial charge is 0.335 e. The SMILES string of the molecule is CC(c1nc2cc(C(=O)O)ccc2n1C)C1CC1. The van der Waals surface area contributed by atoms with Crippen LogP contribution in [0.25, 0.3) is 11.0 Å². The van der Waals surface area contributed by atoms with Gasteiger partial charge < -0.3 is 9.67 Å². The van der Waals surface area contributed by atoms with Gasteiger partial charge in [-0.3, -0.25) is 0 Å². The minimum atomic E-state index is -0.903. The Balaban J connectivity index is 2.11. The molecule has 1 atom stereocenters. The molecule has 18 heavy (non-hydrogen) atoms. The number of hydrogen-bond donors (Lipinski definition) is 1. The molecule has 0 spiro atoms. The molecule has 1 N–H and O–H groups in total. The predicted octanol–water partition coefficient (Wildman–Crippen LogP) is 2.79. The number of nitrogens with zero attached hydrogens (tertiary/aromatic N) is 2. The van der Waals surface area contributed by atoms with Crippen LogP contribution >= 0.6 is 0 Å². The van der Waals surface area contributed by atoms with Gasteiger partial charge in [0.1, 0.15) is 5.82 Å². The molecule has 0 aliphatic heterocycles. The van der Waals surface area contributed by atoms with Gasteiger partial charge in [-0.15, -0.1) is 0 Å². The zero-order valence-corrected chi connectivity index (χ0v) is 10.6. The molecule has 0 bridgehead atoms. The molecule has 1 aromatic heterocycles. The van der Waals surface area contributed by atoms with E-state index in [-0.39, 0.29) is 0 Å². The maximum absolute atomic E-state index is 11.0. The Bertz CT molecular complexity index is 626. The molecule has 1 aliphatic rings. The van der Waals surface area contributed by atoms with E-state index in [9.17, 15) is 4.79 Å². The van der Waals surface area contributed by atoms with Gasteiger partial charge in [-0.2, -0.15) is 0 Å². The van der Waals surface area contributed by atoms with Crippen LogP contribution in [0.3, 0.4) is 0 Å². The van der Waals surface area contributed by atoms with Crippen molar-refractivity contribution in [3.63, 3.8) is 0 Å². The van der Waals surface area contributed by atoms with Crippen LogP contribution in [0.2, 0.25) is 0 Å². The van der Waals surface area contributed by atoms with E-state index in [0.29, 0.717) is 11.5 Å². The van der Waals surface area contributed by atoms with Crippen LogP contribution in [-0.2, 0) is 7.05 Å². The fourth-order valence-electron chi connectivity index (χ4n) is 2.57. The molecule has 94 valence electrons. The first-order valence-electron chi connectivity index (χ1n) is 6.27. The van der Waals surface area contributed by atoms with Crippen molar-refractivity contribution in [1.82, 2.24) is 9.55 Å². The van der Waals surface area contributed by atoms with E-state index in [2.05, 4.69) is 16.5 Å². The number of carboxylic acids is 1. The van der Waals surface area contributed by atoms with Gasteiger partial charge in [0.05, 0.1) is 16.6 Å². The summed E-state index contributed by atoms with van der Waals surface area (Å²) in [7, 11) is 2.00. The van der Waals surface area contributed by atoms with Crippen molar-refractivity contribution in [2.75, 3.05) is 0 Å². The van der Waals surface area contributed by atoms with Gasteiger partial charge in [-0.1, -0.05) is 6.92 Å². The fraction of sp³-hybridized carbons (Fsp3) is 0.429. The van der Waals surface area contributed by atoms with E-state index in [0.717, 1.165) is 22.8 Å². The van der Waals surface area contributed by atoms with Crippen LogP contribution in [0, 0.1) is 5.92 Å². The Kier molecular flexibility index (Phi) is 2.40. The van der Waals surface area contributed by atoms with Crippen molar-refractivity contribution >= 4 is 17.0 Å². The summed E-state index contributed by atoms with van der Waals surface area (Å²) in [5.41, 5.74) is 2.08. The maximum Gasteiger partial charge on any atom is 0.335 e. The number of hydrogen-bond acceptors (Lipinski definition) is 2. The molecular formula is C14H16N2O2. The molecule has 1 aromatic carbocycles. The second-order valence-corrected chi connectivity index (χ2v) is 5.16. The number of imidazole rings is 1. The van der Waals surface area contributed by atoms with E-state index in [1.165, 1.54) is 12.8 Å². The van der Waals surface area contributed by atoms with E-state index in [1.54, 1.807) is 12.1 Å². The highest BCUT2D eigenvalue weighted by molar-refractivity contribution is 5.92. The van der Waals surface area contributed by atoms with Gasteiger partial charge in [-0.05, 0) is 37.0 Å². The third-order valence-electron chi connectivity index (χ3n) is 3.90. The third-order valence-corrected chi connectivity index (χ3v) is 3.90. The third kappa shape index (κ3) is 1.68. The lowest BCUT2D eigenvalue weighted by Crippen LogP contribution is -2.04. The van der Waals surface area contributed by atoms with Crippen molar-refractivity contribution in [2.45, 2.75) is 25.7 Å². The van der Waals surface area contributed by atoms with E-state index < -0.39 is 5.97 Å². The molecule has 1 unspecified atom stereocenters. The van der Waals surface area contributed by atoms with Crippen molar-refractivity contribution in [3.8, 4) is 0 Å². The quantitative estimate of drug-likeness (QED) is 0.903. The Morgan fingerprint density at radius 1 is 1.50 bits per heavy atom. The molecule has 0 radical (unpaired) electrons. The highest BCUT2D eigenvalue weighted by Gasteiger charge is 2.31. The Labute approximate surface area is 105 Å². The highest BCUT2D eigenvalue weighted by atomic mass is 16.4. The van der Waals surface area contributed by atoms with Crippen LogP contribution in [-0.4, -0.2) is 20.6 Å². The maximum atomic E-state index is 11.0. The average molecular weight is 244 g/mol. The number of carbonyl (C=O) groups is 1. The van der Waals surface area contributed by atoms with Gasteiger partial charge in [-0.25, -0.2) is 9.78 Å². The molecule has 4 heteroatoms. The van der Waals surface area contributed by atoms with Gasteiger partial charge in [0, 0.05) is 13.0 Å². The summed E-state index contributed by atoms with van der Waals surface area (Å²) in [4.78, 5) is 15.6. The second kappa shape index (κ2) is 3.83. The lowest BCUT2D eigenvalue weighted by molar-refractivity contribution is 0.0697. The van der Waals surface area contributed by atoms with Gasteiger partial charge in [0.2, 0.25) is 0 Å². The molecule has 1 fully saturated rings. The standard InChI is InChI=1S/C14H16N2O2/c1-8(9-3-4-9)13-15-11-7-10(14(17)18)5-6-12(11)16(13)2/h5-9H,3-4H2,1-2H3,(H,17,18). The highest BCUT2D eigenvalue weighted by Crippen LogP contribution is 2.42. The molecule has 4 nitrogen and oxygen atoms in total. The minimum absolute atomic E-state index is 0.297. The molecule has 1 saturated carbocycles. The summed E-state index contributed by atoms with van der Waals surface area (Å²) >= 11 is 0. The molecule has 0 saturated heterocycles. The Hall–Kier alpha value is -1.84. The van der Waals surface area contributed by atoms with E-state index in [1.807, 2.05) is 13.1 Å². The molecule has 0 amide bonds. The monoisotopic (exact) mass is 244 g/mol. The molecule has 1 heterocycles. The lowest BCUT2D eigenvalue weighted by atomic mass is 10.1. The average Bonchev–Trinajstić information content (AvgIpc) is 3.14. The van der Waals surface area contributed by atoms with Crippen molar-refractivity contribution in [1.29, 1.82) is 0 Å². The zero-order chi connectivity index (χ0) is 12.9. The number of fused-ring (bicyclic) bond motifs is 1. The largest absolute Gasteiger partial charge is 0.478 e. The molecule has 2 aromatic rings. The number of aryl methyl sites for hydroxylation is 1. The van der Waals surface area contributed by atoms with Crippen LogP contribution < -0.4 is 0 Å². The molecule has 3 rings (SSSR count). The van der Waals surface area contributed by atoms with Crippen LogP contribution in [0.1, 0.15) is 41.9 Å². The van der Waals surface area contributed by atoms with Gasteiger partial charge in [0.25, 0.3) is 0 Å². The lowest BCUT2D eigenvalue weighted by Gasteiger charge is -2.09. The number of rotatable bonds is 3. The predicted molar refractivity (Wildman–Crippen MR) is 68.8 cm³/mol. The number of aromatic nitrogens is 2. The van der Waals surface area contributed by atoms with Crippen molar-refractivity contribution < 1.29 is 9.90 Å². The summed E-state index contributed by atoms with van der Waals surface area (Å²) < 4.78 is 2.09. The summed E-state index contributed by atoms with van der Waals surface area (Å²) in [6.07, 6.45) is 2.56. The van der Waals surface area contributed by atoms with Gasteiger partial charge in [0.15, 0.2) is 0 Å². The molecule has 1 aliphatic carbocycles. The zero-order valence-electron chi connectivity index (χ0n) is 10.6. The van der Waals surface area contributed by atoms with Crippen molar-refractivity contribution in [2.24, 2.45) is 13.0 Å². The van der Waals surface area contributed by atoms with Gasteiger partial charge >= 0.3 is 5.97 Å².